The molecular weight excluding hydrogens is 484 g/mol. The Hall–Kier alpha value is -3.83. The summed E-state index contributed by atoms with van der Waals surface area (Å²) in [6, 6.07) is 2.20. The van der Waals surface area contributed by atoms with E-state index in [-0.39, 0.29) is 23.5 Å². The molecule has 206 valence electrons. The molecule has 0 heterocycles. The van der Waals surface area contributed by atoms with Gasteiger partial charge >= 0.3 is 18.2 Å². The topological polar surface area (TPSA) is 161 Å². The largest absolute Gasteiger partial charge is 0.462 e. The Labute approximate surface area is 217 Å². The predicted molar refractivity (Wildman–Crippen MR) is 137 cm³/mol. The summed E-state index contributed by atoms with van der Waals surface area (Å²) in [5.74, 6) is -1.86. The Balaban J connectivity index is 3.03. The van der Waals surface area contributed by atoms with Crippen LogP contribution in [0.1, 0.15) is 72.7 Å². The van der Waals surface area contributed by atoms with Crippen molar-refractivity contribution in [1.82, 2.24) is 10.6 Å². The quantitative estimate of drug-likeness (QED) is 0.298. The van der Waals surface area contributed by atoms with Gasteiger partial charge in [0.25, 0.3) is 0 Å². The SMILES string of the molecule is CCOC(=O)c1cc(NC(=O)[C@H](C)NC(=O)OC(C)(C)C)cc(NC(=O)[C@H](C)NC(=O)OC(C)(C)C)c1. The Kier molecular flexibility index (Phi) is 10.9. The number of carbonyl (C=O) groups is 5. The monoisotopic (exact) mass is 522 g/mol. The number of alkyl carbamates (subject to hydrolysis) is 2. The van der Waals surface area contributed by atoms with E-state index in [0.29, 0.717) is 0 Å². The lowest BCUT2D eigenvalue weighted by molar-refractivity contribution is -0.118. The van der Waals surface area contributed by atoms with Crippen LogP contribution in [0.2, 0.25) is 0 Å². The molecule has 0 saturated heterocycles. The Bertz CT molecular complexity index is 943. The summed E-state index contributed by atoms with van der Waals surface area (Å²) in [6.07, 6.45) is -1.54. The molecule has 1 aromatic rings. The molecule has 4 amide bonds. The summed E-state index contributed by atoms with van der Waals surface area (Å²) in [7, 11) is 0. The zero-order valence-corrected chi connectivity index (χ0v) is 22.9. The molecule has 4 N–H and O–H groups in total. The molecule has 2 atom stereocenters. The summed E-state index contributed by atoms with van der Waals surface area (Å²) in [5, 5.41) is 10.0. The van der Waals surface area contributed by atoms with Gasteiger partial charge in [-0.15, -0.1) is 0 Å². The summed E-state index contributed by atoms with van der Waals surface area (Å²) in [6.45, 7) is 14.8. The molecule has 37 heavy (non-hydrogen) atoms. The van der Waals surface area contributed by atoms with Crippen LogP contribution < -0.4 is 21.3 Å². The van der Waals surface area contributed by atoms with Crippen LogP contribution in [0.25, 0.3) is 0 Å². The third-order valence-electron chi connectivity index (χ3n) is 4.23. The van der Waals surface area contributed by atoms with Crippen LogP contribution >= 0.6 is 0 Å². The highest BCUT2D eigenvalue weighted by atomic mass is 16.6. The predicted octanol–water partition coefficient (Wildman–Crippen LogP) is 3.57. The molecular formula is C25H38N4O8. The summed E-state index contributed by atoms with van der Waals surface area (Å²) >= 11 is 0. The van der Waals surface area contributed by atoms with E-state index in [2.05, 4.69) is 21.3 Å². The number of amides is 4. The van der Waals surface area contributed by atoms with E-state index < -0.39 is 53.3 Å². The third-order valence-corrected chi connectivity index (χ3v) is 4.23. The Morgan fingerprint density at radius 3 is 1.43 bits per heavy atom. The number of benzene rings is 1. The van der Waals surface area contributed by atoms with E-state index in [9.17, 15) is 24.0 Å². The van der Waals surface area contributed by atoms with Crippen molar-refractivity contribution in [3.63, 3.8) is 0 Å². The molecule has 0 bridgehead atoms. The van der Waals surface area contributed by atoms with Crippen molar-refractivity contribution < 1.29 is 38.2 Å². The number of rotatable bonds is 8. The molecule has 1 rings (SSSR count). The standard InChI is InChI=1S/C25H38N4O8/c1-10-35-21(32)16-11-17(28-19(30)14(2)26-22(33)36-24(4,5)6)13-18(12-16)29-20(31)15(3)27-23(34)37-25(7,8)9/h11-15H,10H2,1-9H3,(H,26,33)(H,27,34)(H,28,30)(H,29,31)/t14-,15-/m0/s1. The zero-order chi connectivity index (χ0) is 28.6. The number of carbonyl (C=O) groups excluding carboxylic acids is 5. The van der Waals surface area contributed by atoms with E-state index in [1.54, 1.807) is 48.5 Å². The van der Waals surface area contributed by atoms with Crippen LogP contribution in [0, 0.1) is 0 Å². The van der Waals surface area contributed by atoms with Gasteiger partial charge in [0.05, 0.1) is 12.2 Å². The molecule has 0 aromatic heterocycles. The summed E-state index contributed by atoms with van der Waals surface area (Å²) in [4.78, 5) is 61.6. The third kappa shape index (κ3) is 12.1. The number of ether oxygens (including phenoxy) is 3. The van der Waals surface area contributed by atoms with Gasteiger partial charge < -0.3 is 35.5 Å². The molecule has 0 aliphatic heterocycles. The minimum atomic E-state index is -0.975. The fraction of sp³-hybridized carbons (Fsp3) is 0.560. The van der Waals surface area contributed by atoms with E-state index in [0.717, 1.165) is 0 Å². The molecule has 1 aromatic carbocycles. The fourth-order valence-corrected chi connectivity index (χ4v) is 2.70. The van der Waals surface area contributed by atoms with Crippen LogP contribution in [-0.4, -0.2) is 59.9 Å². The van der Waals surface area contributed by atoms with Crippen LogP contribution in [0.3, 0.4) is 0 Å². The van der Waals surface area contributed by atoms with Crippen molar-refractivity contribution in [3.8, 4) is 0 Å². The second-order valence-corrected chi connectivity index (χ2v) is 10.2. The van der Waals surface area contributed by atoms with Gasteiger partial charge in [0.15, 0.2) is 0 Å². The van der Waals surface area contributed by atoms with Gasteiger partial charge in [0.2, 0.25) is 11.8 Å². The Morgan fingerprint density at radius 2 is 1.11 bits per heavy atom. The smallest absolute Gasteiger partial charge is 0.408 e. The highest BCUT2D eigenvalue weighted by Crippen LogP contribution is 2.21. The fourth-order valence-electron chi connectivity index (χ4n) is 2.70. The van der Waals surface area contributed by atoms with Crippen LogP contribution in [0.4, 0.5) is 21.0 Å². The number of hydrogen-bond acceptors (Lipinski definition) is 8. The van der Waals surface area contributed by atoms with E-state index in [1.807, 2.05) is 0 Å². The molecule has 12 nitrogen and oxygen atoms in total. The number of nitrogens with one attached hydrogen (secondary N) is 4. The van der Waals surface area contributed by atoms with Crippen molar-refractivity contribution in [2.24, 2.45) is 0 Å². The maximum absolute atomic E-state index is 12.7. The summed E-state index contributed by atoms with van der Waals surface area (Å²) < 4.78 is 15.3. The van der Waals surface area contributed by atoms with Crippen molar-refractivity contribution in [2.75, 3.05) is 17.2 Å². The lowest BCUT2D eigenvalue weighted by atomic mass is 10.1. The first-order chi connectivity index (χ1) is 16.9. The second-order valence-electron chi connectivity index (χ2n) is 10.2. The van der Waals surface area contributed by atoms with Gasteiger partial charge in [-0.05, 0) is 80.5 Å². The van der Waals surface area contributed by atoms with Crippen molar-refractivity contribution in [1.29, 1.82) is 0 Å². The van der Waals surface area contributed by atoms with Gasteiger partial charge in [-0.3, -0.25) is 9.59 Å². The Morgan fingerprint density at radius 1 is 0.730 bits per heavy atom. The first-order valence-corrected chi connectivity index (χ1v) is 11.8. The first-order valence-electron chi connectivity index (χ1n) is 11.8. The van der Waals surface area contributed by atoms with Crippen molar-refractivity contribution in [3.05, 3.63) is 23.8 Å². The molecule has 0 unspecified atom stereocenters. The van der Waals surface area contributed by atoms with Crippen LogP contribution in [0.15, 0.2) is 18.2 Å². The van der Waals surface area contributed by atoms with E-state index >= 15 is 0 Å². The average Bonchev–Trinajstić information content (AvgIpc) is 2.70. The van der Waals surface area contributed by atoms with Crippen LogP contribution in [0.5, 0.6) is 0 Å². The first kappa shape index (κ1) is 31.2. The van der Waals surface area contributed by atoms with Gasteiger partial charge in [-0.25, -0.2) is 14.4 Å². The number of hydrogen-bond donors (Lipinski definition) is 4. The van der Waals surface area contributed by atoms with Crippen LogP contribution in [-0.2, 0) is 23.8 Å². The molecule has 0 saturated carbocycles. The average molecular weight is 523 g/mol. The van der Waals surface area contributed by atoms with Gasteiger partial charge in [-0.1, -0.05) is 0 Å². The molecule has 0 aliphatic rings. The molecule has 0 spiro atoms. The lowest BCUT2D eigenvalue weighted by Gasteiger charge is -2.22. The molecule has 12 heteroatoms. The van der Waals surface area contributed by atoms with E-state index in [1.165, 1.54) is 32.0 Å². The van der Waals surface area contributed by atoms with Gasteiger partial charge in [0, 0.05) is 11.4 Å². The maximum Gasteiger partial charge on any atom is 0.408 e. The molecule has 0 radical (unpaired) electrons. The van der Waals surface area contributed by atoms with Crippen molar-refractivity contribution >= 4 is 41.3 Å². The second kappa shape index (κ2) is 12.9. The van der Waals surface area contributed by atoms with Gasteiger partial charge in [0.1, 0.15) is 23.3 Å². The highest BCUT2D eigenvalue weighted by Gasteiger charge is 2.23. The number of esters is 1. The minimum Gasteiger partial charge on any atom is -0.462 e. The minimum absolute atomic E-state index is 0.0652. The highest BCUT2D eigenvalue weighted by molar-refractivity contribution is 6.01. The van der Waals surface area contributed by atoms with Crippen molar-refractivity contribution in [2.45, 2.75) is 85.6 Å². The zero-order valence-electron chi connectivity index (χ0n) is 22.9. The van der Waals surface area contributed by atoms with E-state index in [4.69, 9.17) is 14.2 Å². The normalized spacial score (nSPS) is 12.9. The number of anilines is 2. The molecule has 0 fully saturated rings. The maximum atomic E-state index is 12.7. The lowest BCUT2D eigenvalue weighted by Crippen LogP contribution is -2.44. The summed E-state index contributed by atoms with van der Waals surface area (Å²) in [5.41, 5.74) is -1.09. The van der Waals surface area contributed by atoms with Gasteiger partial charge in [-0.2, -0.15) is 0 Å². The molecule has 0 aliphatic carbocycles.